The summed E-state index contributed by atoms with van der Waals surface area (Å²) in [6, 6.07) is 6.07. The Morgan fingerprint density at radius 1 is 1.26 bits per heavy atom. The summed E-state index contributed by atoms with van der Waals surface area (Å²) in [4.78, 5) is 23.4. The van der Waals surface area contributed by atoms with Gasteiger partial charge < -0.3 is 9.84 Å². The molecule has 0 amide bonds. The second-order valence-corrected chi connectivity index (χ2v) is 6.08. The number of ketones is 1. The number of carbonyl (C=O) groups excluding carboxylic acids is 2. The molecule has 0 radical (unpaired) electrons. The van der Waals surface area contributed by atoms with Gasteiger partial charge >= 0.3 is 5.97 Å². The number of hydrogen-bond acceptors (Lipinski definition) is 4. The van der Waals surface area contributed by atoms with Crippen molar-refractivity contribution >= 4 is 11.8 Å². The maximum absolute atomic E-state index is 12.9. The predicted molar refractivity (Wildman–Crippen MR) is 85.4 cm³/mol. The van der Waals surface area contributed by atoms with Crippen LogP contribution >= 0.6 is 0 Å². The van der Waals surface area contributed by atoms with Crippen LogP contribution in [0.5, 0.6) is 0 Å². The number of benzene rings is 1. The standard InChI is InChI=1S/C18H25FO4/c1-4-23-17(21)11-16(20)12-18(22,13(2)3)10-9-14-5-7-15(19)8-6-14/h5-8,13,22H,4,9-12H2,1-3H3. The quantitative estimate of drug-likeness (QED) is 0.560. The van der Waals surface area contributed by atoms with Gasteiger partial charge in [0, 0.05) is 6.42 Å². The van der Waals surface area contributed by atoms with Gasteiger partial charge in [-0.1, -0.05) is 26.0 Å². The summed E-state index contributed by atoms with van der Waals surface area (Å²) in [6.45, 7) is 5.57. The number of ether oxygens (including phenoxy) is 1. The number of aryl methyl sites for hydroxylation is 1. The van der Waals surface area contributed by atoms with Crippen molar-refractivity contribution in [1.29, 1.82) is 0 Å². The van der Waals surface area contributed by atoms with E-state index < -0.39 is 11.6 Å². The zero-order valence-electron chi connectivity index (χ0n) is 14.0. The summed E-state index contributed by atoms with van der Waals surface area (Å²) in [6.07, 6.45) is 0.483. The first kappa shape index (κ1) is 19.3. The fraction of sp³-hybridized carbons (Fsp3) is 0.556. The number of Topliss-reactive ketones (excluding diaryl/α,β-unsaturated/α-hetero) is 1. The first-order valence-corrected chi connectivity index (χ1v) is 7.91. The van der Waals surface area contributed by atoms with E-state index in [4.69, 9.17) is 4.74 Å². The van der Waals surface area contributed by atoms with E-state index in [1.807, 2.05) is 13.8 Å². The van der Waals surface area contributed by atoms with E-state index in [0.29, 0.717) is 12.8 Å². The van der Waals surface area contributed by atoms with Gasteiger partial charge in [0.15, 0.2) is 0 Å². The Kier molecular flexibility index (Phi) is 7.36. The molecule has 0 saturated heterocycles. The van der Waals surface area contributed by atoms with Crippen molar-refractivity contribution in [3.63, 3.8) is 0 Å². The lowest BCUT2D eigenvalue weighted by molar-refractivity contribution is -0.146. The molecule has 1 unspecified atom stereocenters. The zero-order valence-corrected chi connectivity index (χ0v) is 14.0. The van der Waals surface area contributed by atoms with E-state index >= 15 is 0 Å². The molecular weight excluding hydrogens is 299 g/mol. The average Bonchev–Trinajstić information content (AvgIpc) is 2.46. The molecule has 0 bridgehead atoms. The maximum Gasteiger partial charge on any atom is 0.313 e. The van der Waals surface area contributed by atoms with E-state index in [2.05, 4.69) is 0 Å². The number of hydrogen-bond donors (Lipinski definition) is 1. The molecule has 1 N–H and O–H groups in total. The molecule has 0 aliphatic rings. The highest BCUT2D eigenvalue weighted by molar-refractivity contribution is 5.95. The van der Waals surface area contributed by atoms with E-state index in [1.165, 1.54) is 12.1 Å². The molecular formula is C18H25FO4. The SMILES string of the molecule is CCOC(=O)CC(=O)CC(O)(CCc1ccc(F)cc1)C(C)C. The molecule has 5 heteroatoms. The van der Waals surface area contributed by atoms with Gasteiger partial charge in [-0.05, 0) is 43.4 Å². The van der Waals surface area contributed by atoms with Crippen LogP contribution in [0.1, 0.15) is 45.6 Å². The second-order valence-electron chi connectivity index (χ2n) is 6.08. The fourth-order valence-corrected chi connectivity index (χ4v) is 2.37. The minimum Gasteiger partial charge on any atom is -0.466 e. The van der Waals surface area contributed by atoms with E-state index in [1.54, 1.807) is 19.1 Å². The van der Waals surface area contributed by atoms with Crippen LogP contribution in [0.4, 0.5) is 4.39 Å². The predicted octanol–water partition coefficient (Wildman–Crippen LogP) is 3.06. The smallest absolute Gasteiger partial charge is 0.313 e. The molecule has 1 rings (SSSR count). The van der Waals surface area contributed by atoms with Crippen molar-refractivity contribution < 1.29 is 23.8 Å². The lowest BCUT2D eigenvalue weighted by Crippen LogP contribution is -2.38. The van der Waals surface area contributed by atoms with Gasteiger partial charge in [0.2, 0.25) is 0 Å². The Balaban J connectivity index is 2.65. The summed E-state index contributed by atoms with van der Waals surface area (Å²) >= 11 is 0. The molecule has 4 nitrogen and oxygen atoms in total. The van der Waals surface area contributed by atoms with Crippen LogP contribution in [0.15, 0.2) is 24.3 Å². The number of halogens is 1. The Hall–Kier alpha value is -1.75. The number of carbonyl (C=O) groups is 2. The third-order valence-corrected chi connectivity index (χ3v) is 3.98. The van der Waals surface area contributed by atoms with Crippen molar-refractivity contribution in [3.8, 4) is 0 Å². The van der Waals surface area contributed by atoms with E-state index in [-0.39, 0.29) is 37.0 Å². The third kappa shape index (κ3) is 6.48. The molecule has 23 heavy (non-hydrogen) atoms. The summed E-state index contributed by atoms with van der Waals surface area (Å²) < 4.78 is 17.7. The molecule has 0 aromatic heterocycles. The van der Waals surface area contributed by atoms with Crippen LogP contribution in [-0.2, 0) is 20.7 Å². The highest BCUT2D eigenvalue weighted by atomic mass is 19.1. The lowest BCUT2D eigenvalue weighted by atomic mass is 9.80. The lowest BCUT2D eigenvalue weighted by Gasteiger charge is -2.31. The highest BCUT2D eigenvalue weighted by Crippen LogP contribution is 2.28. The van der Waals surface area contributed by atoms with Crippen LogP contribution in [-0.4, -0.2) is 29.1 Å². The second kappa shape index (κ2) is 8.77. The Labute approximate surface area is 136 Å². The molecule has 128 valence electrons. The van der Waals surface area contributed by atoms with Gasteiger partial charge in [0.1, 0.15) is 18.0 Å². The number of esters is 1. The molecule has 1 aromatic carbocycles. The van der Waals surface area contributed by atoms with Gasteiger partial charge in [0.25, 0.3) is 0 Å². The third-order valence-electron chi connectivity index (χ3n) is 3.98. The normalized spacial score (nSPS) is 13.7. The molecule has 0 saturated carbocycles. The summed E-state index contributed by atoms with van der Waals surface area (Å²) in [5, 5.41) is 10.8. The van der Waals surface area contributed by atoms with Crippen molar-refractivity contribution in [3.05, 3.63) is 35.6 Å². The van der Waals surface area contributed by atoms with Crippen molar-refractivity contribution in [1.82, 2.24) is 0 Å². The topological polar surface area (TPSA) is 63.6 Å². The first-order chi connectivity index (χ1) is 10.8. The molecule has 0 heterocycles. The van der Waals surface area contributed by atoms with Crippen LogP contribution in [0.2, 0.25) is 0 Å². The fourth-order valence-electron chi connectivity index (χ4n) is 2.37. The van der Waals surface area contributed by atoms with Crippen molar-refractivity contribution in [2.24, 2.45) is 5.92 Å². The van der Waals surface area contributed by atoms with E-state index in [9.17, 15) is 19.1 Å². The van der Waals surface area contributed by atoms with E-state index in [0.717, 1.165) is 5.56 Å². The van der Waals surface area contributed by atoms with Crippen LogP contribution in [0, 0.1) is 11.7 Å². The molecule has 0 spiro atoms. The Morgan fingerprint density at radius 3 is 2.39 bits per heavy atom. The van der Waals surface area contributed by atoms with Gasteiger partial charge in [-0.3, -0.25) is 9.59 Å². The molecule has 1 atom stereocenters. The minimum absolute atomic E-state index is 0.0926. The summed E-state index contributed by atoms with van der Waals surface area (Å²) in [5.74, 6) is -1.35. The molecule has 0 aliphatic carbocycles. The maximum atomic E-state index is 12.9. The van der Waals surface area contributed by atoms with Crippen LogP contribution < -0.4 is 0 Å². The van der Waals surface area contributed by atoms with Gasteiger partial charge in [-0.15, -0.1) is 0 Å². The van der Waals surface area contributed by atoms with Gasteiger partial charge in [-0.25, -0.2) is 4.39 Å². The highest BCUT2D eigenvalue weighted by Gasteiger charge is 2.33. The largest absolute Gasteiger partial charge is 0.466 e. The Morgan fingerprint density at radius 2 is 1.87 bits per heavy atom. The number of rotatable bonds is 9. The monoisotopic (exact) mass is 324 g/mol. The van der Waals surface area contributed by atoms with Crippen LogP contribution in [0.3, 0.4) is 0 Å². The molecule has 0 aliphatic heterocycles. The first-order valence-electron chi connectivity index (χ1n) is 7.91. The molecule has 1 aromatic rings. The van der Waals surface area contributed by atoms with Crippen molar-refractivity contribution in [2.45, 2.75) is 52.1 Å². The van der Waals surface area contributed by atoms with Crippen molar-refractivity contribution in [2.75, 3.05) is 6.61 Å². The number of aliphatic hydroxyl groups is 1. The van der Waals surface area contributed by atoms with Crippen LogP contribution in [0.25, 0.3) is 0 Å². The average molecular weight is 324 g/mol. The Bertz CT molecular complexity index is 524. The summed E-state index contributed by atoms with van der Waals surface area (Å²) in [5.41, 5.74) is -0.305. The summed E-state index contributed by atoms with van der Waals surface area (Å²) in [7, 11) is 0. The minimum atomic E-state index is -1.20. The molecule has 0 fully saturated rings. The van der Waals surface area contributed by atoms with Gasteiger partial charge in [0.05, 0.1) is 12.2 Å². The zero-order chi connectivity index (χ0) is 17.5. The van der Waals surface area contributed by atoms with Gasteiger partial charge in [-0.2, -0.15) is 0 Å².